The zero-order chi connectivity index (χ0) is 17.5. The first-order chi connectivity index (χ1) is 11.5. The van der Waals surface area contributed by atoms with Gasteiger partial charge in [0.15, 0.2) is 0 Å². The van der Waals surface area contributed by atoms with E-state index in [0.29, 0.717) is 17.1 Å². The Bertz CT molecular complexity index is 753. The lowest BCUT2D eigenvalue weighted by molar-refractivity contribution is -0.124. The molecule has 0 aliphatic rings. The summed E-state index contributed by atoms with van der Waals surface area (Å²) in [6.45, 7) is -0.184. The van der Waals surface area contributed by atoms with Crippen LogP contribution in [0, 0.1) is 5.82 Å². The van der Waals surface area contributed by atoms with E-state index in [1.807, 2.05) is 18.2 Å². The molecule has 0 saturated heterocycles. The highest BCUT2D eigenvalue weighted by atomic mass is 35.5. The number of hydrogen-bond acceptors (Lipinski definition) is 2. The molecule has 0 aromatic heterocycles. The minimum atomic E-state index is -0.567. The molecule has 4 nitrogen and oxygen atoms in total. The Morgan fingerprint density at radius 2 is 1.75 bits per heavy atom. The molecule has 0 atom stereocenters. The summed E-state index contributed by atoms with van der Waals surface area (Å²) in [6, 6.07) is 11.1. The molecule has 2 aromatic carbocycles. The van der Waals surface area contributed by atoms with Gasteiger partial charge in [0.05, 0.1) is 11.6 Å². The maximum Gasteiger partial charge on any atom is 0.243 e. The quantitative estimate of drug-likeness (QED) is 0.813. The van der Waals surface area contributed by atoms with E-state index in [9.17, 15) is 14.0 Å². The van der Waals surface area contributed by atoms with E-state index in [0.717, 1.165) is 11.6 Å². The Morgan fingerprint density at radius 1 is 1.00 bits per heavy atom. The highest BCUT2D eigenvalue weighted by Crippen LogP contribution is 2.19. The fraction of sp³-hybridized carbons (Fsp3) is 0.176. The fourth-order valence-electron chi connectivity index (χ4n) is 2.00. The number of hydrogen-bond donors (Lipinski definition) is 2. The van der Waals surface area contributed by atoms with Gasteiger partial charge in [-0.05, 0) is 36.2 Å². The average molecular weight is 369 g/mol. The van der Waals surface area contributed by atoms with Crippen molar-refractivity contribution in [3.8, 4) is 0 Å². The molecule has 0 spiro atoms. The lowest BCUT2D eigenvalue weighted by Gasteiger charge is -2.08. The molecule has 24 heavy (non-hydrogen) atoms. The molecule has 0 bridgehead atoms. The standard InChI is InChI=1S/C17H15Cl2FN2O2/c18-13-4-2-1-3-11(13)5-8-16(23)21-10-17(24)22-12-6-7-15(20)14(19)9-12/h1-4,6-7,9H,5,8,10H2,(H,21,23)(H,22,24). The largest absolute Gasteiger partial charge is 0.347 e. The van der Waals surface area contributed by atoms with Gasteiger partial charge in [-0.3, -0.25) is 9.59 Å². The molecule has 0 saturated carbocycles. The van der Waals surface area contributed by atoms with Crippen LogP contribution in [0.2, 0.25) is 10.0 Å². The third-order valence-corrected chi connectivity index (χ3v) is 3.89. The Morgan fingerprint density at radius 3 is 2.46 bits per heavy atom. The lowest BCUT2D eigenvalue weighted by Crippen LogP contribution is -2.33. The van der Waals surface area contributed by atoms with Crippen molar-refractivity contribution in [3.63, 3.8) is 0 Å². The van der Waals surface area contributed by atoms with Gasteiger partial charge in [0, 0.05) is 17.1 Å². The summed E-state index contributed by atoms with van der Waals surface area (Å²) in [7, 11) is 0. The molecule has 0 aliphatic carbocycles. The molecule has 2 rings (SSSR count). The molecular formula is C17H15Cl2FN2O2. The van der Waals surface area contributed by atoms with E-state index < -0.39 is 11.7 Å². The van der Waals surface area contributed by atoms with Gasteiger partial charge >= 0.3 is 0 Å². The molecule has 0 radical (unpaired) electrons. The minimum absolute atomic E-state index is 0.0865. The van der Waals surface area contributed by atoms with Gasteiger partial charge in [0.1, 0.15) is 5.82 Å². The monoisotopic (exact) mass is 368 g/mol. The van der Waals surface area contributed by atoms with Crippen LogP contribution in [0.25, 0.3) is 0 Å². The van der Waals surface area contributed by atoms with Crippen LogP contribution in [0.4, 0.5) is 10.1 Å². The van der Waals surface area contributed by atoms with Crippen LogP contribution < -0.4 is 10.6 Å². The number of benzene rings is 2. The van der Waals surface area contributed by atoms with Gasteiger partial charge in [-0.25, -0.2) is 4.39 Å². The number of amides is 2. The number of nitrogens with one attached hydrogen (secondary N) is 2. The molecule has 126 valence electrons. The summed E-state index contributed by atoms with van der Waals surface area (Å²) in [5, 5.41) is 5.56. The first-order valence-electron chi connectivity index (χ1n) is 7.20. The van der Waals surface area contributed by atoms with E-state index in [1.54, 1.807) is 6.07 Å². The van der Waals surface area contributed by atoms with Crippen LogP contribution in [0.5, 0.6) is 0 Å². The molecule has 0 fully saturated rings. The zero-order valence-electron chi connectivity index (χ0n) is 12.6. The van der Waals surface area contributed by atoms with E-state index >= 15 is 0 Å². The molecule has 0 heterocycles. The van der Waals surface area contributed by atoms with Crippen molar-refractivity contribution >= 4 is 40.7 Å². The summed E-state index contributed by atoms with van der Waals surface area (Å²) in [5.74, 6) is -1.26. The number of carbonyl (C=O) groups is 2. The number of halogens is 3. The van der Waals surface area contributed by atoms with Crippen molar-refractivity contribution in [1.29, 1.82) is 0 Å². The third-order valence-electron chi connectivity index (χ3n) is 3.23. The van der Waals surface area contributed by atoms with Crippen LogP contribution in [-0.2, 0) is 16.0 Å². The van der Waals surface area contributed by atoms with Gasteiger partial charge in [0.25, 0.3) is 0 Å². The van der Waals surface area contributed by atoms with Crippen LogP contribution >= 0.6 is 23.2 Å². The molecule has 2 N–H and O–H groups in total. The Kier molecular flexibility index (Phi) is 6.58. The number of rotatable bonds is 6. The fourth-order valence-corrected chi connectivity index (χ4v) is 2.41. The molecule has 2 aromatic rings. The van der Waals surface area contributed by atoms with Gasteiger partial charge < -0.3 is 10.6 Å². The van der Waals surface area contributed by atoms with Gasteiger partial charge in [0.2, 0.25) is 11.8 Å². The molecule has 2 amide bonds. The van der Waals surface area contributed by atoms with Crippen LogP contribution in [0.15, 0.2) is 42.5 Å². The Labute approximate surface area is 149 Å². The van der Waals surface area contributed by atoms with E-state index in [-0.39, 0.29) is 23.9 Å². The molecule has 0 aliphatic heterocycles. The maximum absolute atomic E-state index is 13.0. The summed E-state index contributed by atoms with van der Waals surface area (Å²) in [5.41, 5.74) is 1.23. The Hall–Kier alpha value is -2.11. The number of aryl methyl sites for hydroxylation is 1. The topological polar surface area (TPSA) is 58.2 Å². The van der Waals surface area contributed by atoms with Crippen molar-refractivity contribution in [2.45, 2.75) is 12.8 Å². The highest BCUT2D eigenvalue weighted by molar-refractivity contribution is 6.31. The second-order valence-electron chi connectivity index (χ2n) is 5.05. The average Bonchev–Trinajstić information content (AvgIpc) is 2.55. The van der Waals surface area contributed by atoms with Crippen molar-refractivity contribution in [2.75, 3.05) is 11.9 Å². The Balaban J connectivity index is 1.76. The predicted molar refractivity (Wildman–Crippen MR) is 92.8 cm³/mol. The van der Waals surface area contributed by atoms with E-state index in [4.69, 9.17) is 23.2 Å². The van der Waals surface area contributed by atoms with Gasteiger partial charge in [-0.15, -0.1) is 0 Å². The first kappa shape index (κ1) is 18.2. The first-order valence-corrected chi connectivity index (χ1v) is 7.96. The normalized spacial score (nSPS) is 10.3. The van der Waals surface area contributed by atoms with Crippen molar-refractivity contribution < 1.29 is 14.0 Å². The van der Waals surface area contributed by atoms with Crippen LogP contribution in [-0.4, -0.2) is 18.4 Å². The van der Waals surface area contributed by atoms with Crippen molar-refractivity contribution in [2.24, 2.45) is 0 Å². The minimum Gasteiger partial charge on any atom is -0.347 e. The third kappa shape index (κ3) is 5.51. The summed E-state index contributed by atoms with van der Waals surface area (Å²) in [4.78, 5) is 23.5. The lowest BCUT2D eigenvalue weighted by atomic mass is 10.1. The molecule has 7 heteroatoms. The maximum atomic E-state index is 13.0. The van der Waals surface area contributed by atoms with E-state index in [1.165, 1.54) is 12.1 Å². The van der Waals surface area contributed by atoms with E-state index in [2.05, 4.69) is 10.6 Å². The summed E-state index contributed by atoms with van der Waals surface area (Å²) in [6.07, 6.45) is 0.708. The molecular weight excluding hydrogens is 354 g/mol. The predicted octanol–water partition coefficient (Wildman–Crippen LogP) is 3.82. The second-order valence-corrected chi connectivity index (χ2v) is 5.86. The SMILES string of the molecule is O=C(CCc1ccccc1Cl)NCC(=O)Nc1ccc(F)c(Cl)c1. The summed E-state index contributed by atoms with van der Waals surface area (Å²) < 4.78 is 13.0. The zero-order valence-corrected chi connectivity index (χ0v) is 14.1. The molecule has 0 unspecified atom stereocenters. The smallest absolute Gasteiger partial charge is 0.243 e. The van der Waals surface area contributed by atoms with Crippen LogP contribution in [0.3, 0.4) is 0 Å². The summed E-state index contributed by atoms with van der Waals surface area (Å²) >= 11 is 11.6. The highest BCUT2D eigenvalue weighted by Gasteiger charge is 2.08. The second kappa shape index (κ2) is 8.66. The number of anilines is 1. The van der Waals surface area contributed by atoms with Gasteiger partial charge in [-0.2, -0.15) is 0 Å². The number of carbonyl (C=O) groups excluding carboxylic acids is 2. The van der Waals surface area contributed by atoms with Crippen molar-refractivity contribution in [3.05, 3.63) is 63.9 Å². The van der Waals surface area contributed by atoms with Crippen LogP contribution in [0.1, 0.15) is 12.0 Å². The van der Waals surface area contributed by atoms with Gasteiger partial charge in [-0.1, -0.05) is 41.4 Å². The van der Waals surface area contributed by atoms with Crippen molar-refractivity contribution in [1.82, 2.24) is 5.32 Å².